The summed E-state index contributed by atoms with van der Waals surface area (Å²) < 4.78 is 7.04. The predicted molar refractivity (Wildman–Crippen MR) is 129 cm³/mol. The van der Waals surface area contributed by atoms with Crippen molar-refractivity contribution >= 4 is 62.9 Å². The van der Waals surface area contributed by atoms with Gasteiger partial charge in [-0.3, -0.25) is 4.90 Å². The molecule has 30 heavy (non-hydrogen) atoms. The molecule has 1 spiro atoms. The lowest BCUT2D eigenvalue weighted by molar-refractivity contribution is 0.305. The first-order chi connectivity index (χ1) is 14.4. The Morgan fingerprint density at radius 3 is 2.67 bits per heavy atom. The highest BCUT2D eigenvalue weighted by atomic mass is 127. The number of fused-ring (bicyclic) bond motifs is 1. The number of oxazole rings is 1. The molecule has 1 aromatic heterocycles. The molecule has 0 atom stereocenters. The zero-order valence-electron chi connectivity index (χ0n) is 16.1. The lowest BCUT2D eigenvalue weighted by atomic mass is 9.87. The van der Waals surface area contributed by atoms with Gasteiger partial charge in [-0.15, -0.1) is 0 Å². The van der Waals surface area contributed by atoms with Crippen molar-refractivity contribution in [3.05, 3.63) is 45.0 Å². The van der Waals surface area contributed by atoms with Gasteiger partial charge in [0.2, 0.25) is 17.8 Å². The fourth-order valence-corrected chi connectivity index (χ4v) is 5.02. The van der Waals surface area contributed by atoms with Crippen molar-refractivity contribution < 1.29 is 4.42 Å². The smallest absolute Gasteiger partial charge is 0.228 e. The summed E-state index contributed by atoms with van der Waals surface area (Å²) in [6.45, 7) is 0. The van der Waals surface area contributed by atoms with E-state index in [2.05, 4.69) is 27.6 Å². The summed E-state index contributed by atoms with van der Waals surface area (Å²) in [5, 5.41) is 0.598. The molecule has 0 saturated heterocycles. The van der Waals surface area contributed by atoms with Gasteiger partial charge in [-0.2, -0.15) is 4.99 Å². The van der Waals surface area contributed by atoms with E-state index < -0.39 is 5.66 Å². The molecule has 0 radical (unpaired) electrons. The molecule has 5 rings (SSSR count). The van der Waals surface area contributed by atoms with Crippen LogP contribution in [0.3, 0.4) is 0 Å². The number of anilines is 1. The summed E-state index contributed by atoms with van der Waals surface area (Å²) in [7, 11) is 0. The Kier molecular flexibility index (Phi) is 4.85. The molecule has 0 amide bonds. The first-order valence-electron chi connectivity index (χ1n) is 9.81. The third-order valence-corrected chi connectivity index (χ3v) is 6.64. The molecule has 1 aliphatic carbocycles. The fourth-order valence-electron chi connectivity index (χ4n) is 4.33. The van der Waals surface area contributed by atoms with Gasteiger partial charge in [0.15, 0.2) is 5.58 Å². The molecule has 1 aliphatic heterocycles. The van der Waals surface area contributed by atoms with E-state index in [1.165, 1.54) is 6.42 Å². The summed E-state index contributed by atoms with van der Waals surface area (Å²) in [6.07, 6.45) is 5.09. The van der Waals surface area contributed by atoms with Crippen molar-refractivity contribution in [2.45, 2.75) is 37.8 Å². The normalized spacial score (nSPS) is 18.5. The number of aliphatic imine (C=N–C) groups is 2. The second kappa shape index (κ2) is 7.42. The number of nitrogens with zero attached hydrogens (tertiary/aromatic N) is 4. The van der Waals surface area contributed by atoms with Gasteiger partial charge >= 0.3 is 0 Å². The number of rotatable bonds is 2. The summed E-state index contributed by atoms with van der Waals surface area (Å²) >= 11 is 8.61. The van der Waals surface area contributed by atoms with Crippen LogP contribution in [0.5, 0.6) is 0 Å². The van der Waals surface area contributed by atoms with Crippen molar-refractivity contribution in [1.29, 1.82) is 0 Å². The van der Waals surface area contributed by atoms with Crippen LogP contribution in [0.4, 0.5) is 5.69 Å². The molecule has 0 bridgehead atoms. The molecule has 2 aromatic carbocycles. The van der Waals surface area contributed by atoms with Crippen LogP contribution < -0.4 is 16.4 Å². The molecule has 9 heteroatoms. The molecule has 2 heterocycles. The first-order valence-corrected chi connectivity index (χ1v) is 11.3. The van der Waals surface area contributed by atoms with Gasteiger partial charge in [0.1, 0.15) is 11.2 Å². The minimum absolute atomic E-state index is 0.240. The monoisotopic (exact) mass is 534 g/mol. The lowest BCUT2D eigenvalue weighted by Gasteiger charge is -2.45. The zero-order chi connectivity index (χ0) is 20.9. The summed E-state index contributed by atoms with van der Waals surface area (Å²) in [5.41, 5.74) is 14.8. The Hall–Kier alpha value is -2.33. The third kappa shape index (κ3) is 3.31. The van der Waals surface area contributed by atoms with Gasteiger partial charge in [0, 0.05) is 9.26 Å². The van der Waals surface area contributed by atoms with E-state index in [4.69, 9.17) is 37.5 Å². The van der Waals surface area contributed by atoms with Gasteiger partial charge in [-0.1, -0.05) is 18.0 Å². The van der Waals surface area contributed by atoms with Crippen molar-refractivity contribution in [2.24, 2.45) is 21.5 Å². The van der Waals surface area contributed by atoms with Crippen LogP contribution in [0.15, 0.2) is 50.8 Å². The minimum Gasteiger partial charge on any atom is -0.436 e. The fraction of sp³-hybridized carbons (Fsp3) is 0.286. The zero-order valence-corrected chi connectivity index (χ0v) is 19.0. The maximum atomic E-state index is 6.37. The Morgan fingerprint density at radius 2 is 1.87 bits per heavy atom. The maximum absolute atomic E-state index is 6.37. The van der Waals surface area contributed by atoms with E-state index in [0.717, 1.165) is 46.0 Å². The molecule has 3 aromatic rings. The molecule has 1 saturated carbocycles. The Balaban J connectivity index is 1.59. The second-order valence-electron chi connectivity index (χ2n) is 7.61. The maximum Gasteiger partial charge on any atom is 0.228 e. The second-order valence-corrected chi connectivity index (χ2v) is 9.27. The average molecular weight is 535 g/mol. The highest BCUT2D eigenvalue weighted by molar-refractivity contribution is 14.1. The molecule has 154 valence electrons. The van der Waals surface area contributed by atoms with Crippen molar-refractivity contribution in [1.82, 2.24) is 4.98 Å². The van der Waals surface area contributed by atoms with Gasteiger partial charge in [-0.25, -0.2) is 9.98 Å². The summed E-state index contributed by atoms with van der Waals surface area (Å²) in [4.78, 5) is 15.6. The van der Waals surface area contributed by atoms with Crippen LogP contribution in [0.25, 0.3) is 22.6 Å². The van der Waals surface area contributed by atoms with Crippen molar-refractivity contribution in [2.75, 3.05) is 4.90 Å². The summed E-state index contributed by atoms with van der Waals surface area (Å²) in [6, 6.07) is 11.6. The molecule has 4 N–H and O–H groups in total. The van der Waals surface area contributed by atoms with Crippen LogP contribution in [0, 0.1) is 3.57 Å². The van der Waals surface area contributed by atoms with Crippen molar-refractivity contribution in [3.63, 3.8) is 0 Å². The molecular formula is C21H20ClIN6O. The Morgan fingerprint density at radius 1 is 1.07 bits per heavy atom. The number of benzene rings is 2. The van der Waals surface area contributed by atoms with Gasteiger partial charge in [0.25, 0.3) is 0 Å². The lowest BCUT2D eigenvalue weighted by Crippen LogP contribution is -2.58. The average Bonchev–Trinajstić information content (AvgIpc) is 3.13. The van der Waals surface area contributed by atoms with Gasteiger partial charge in [0.05, 0.1) is 10.6 Å². The van der Waals surface area contributed by atoms with Crippen molar-refractivity contribution in [3.8, 4) is 11.5 Å². The van der Waals surface area contributed by atoms with Crippen LogP contribution in [-0.2, 0) is 0 Å². The number of halogens is 2. The highest BCUT2D eigenvalue weighted by Gasteiger charge is 2.42. The topological polar surface area (TPSA) is 106 Å². The van der Waals surface area contributed by atoms with E-state index >= 15 is 0 Å². The molecule has 0 unspecified atom stereocenters. The Labute approximate surface area is 192 Å². The van der Waals surface area contributed by atoms with E-state index in [9.17, 15) is 0 Å². The minimum atomic E-state index is -0.493. The quantitative estimate of drug-likeness (QED) is 0.457. The van der Waals surface area contributed by atoms with E-state index in [-0.39, 0.29) is 5.96 Å². The van der Waals surface area contributed by atoms with Crippen LogP contribution in [-0.4, -0.2) is 22.6 Å². The predicted octanol–water partition coefficient (Wildman–Crippen LogP) is 4.86. The number of hydrogen-bond donors (Lipinski definition) is 2. The van der Waals surface area contributed by atoms with Crippen LogP contribution >= 0.6 is 34.2 Å². The number of nitrogens with two attached hydrogens (primary N) is 2. The van der Waals surface area contributed by atoms with Crippen LogP contribution in [0.1, 0.15) is 32.1 Å². The number of aromatic nitrogens is 1. The van der Waals surface area contributed by atoms with Crippen LogP contribution in [0.2, 0.25) is 5.02 Å². The van der Waals surface area contributed by atoms with E-state index in [1.54, 1.807) is 0 Å². The summed E-state index contributed by atoms with van der Waals surface area (Å²) in [5.74, 6) is 1.08. The molecule has 1 fully saturated rings. The molecule has 7 nitrogen and oxygen atoms in total. The highest BCUT2D eigenvalue weighted by Crippen LogP contribution is 2.40. The van der Waals surface area contributed by atoms with Gasteiger partial charge in [-0.05, 0) is 84.7 Å². The molecular weight excluding hydrogens is 515 g/mol. The van der Waals surface area contributed by atoms with Gasteiger partial charge < -0.3 is 15.9 Å². The first kappa shape index (κ1) is 19.6. The molecule has 2 aliphatic rings. The number of guanidine groups is 2. The van der Waals surface area contributed by atoms with E-state index in [1.807, 2.05) is 41.3 Å². The SMILES string of the molecule is NC1=NC2(CCCCC2)N(c2ccc3oc(-c4cc(I)ccc4Cl)nc3c2)C(N)=N1. The third-order valence-electron chi connectivity index (χ3n) is 5.64. The Bertz CT molecular complexity index is 1200. The largest absolute Gasteiger partial charge is 0.436 e. The van der Waals surface area contributed by atoms with E-state index in [0.29, 0.717) is 22.5 Å². The standard InChI is InChI=1S/C21H20ClIN6O/c22-15-6-4-12(23)10-14(15)18-26-16-11-13(5-7-17(16)30-18)29-20(25)27-19(24)28-21(29)8-2-1-3-9-21/h4-7,10-11H,1-3,8-9H2,(H4,24,25,27,28). The number of hydrogen-bond acceptors (Lipinski definition) is 7.